The Morgan fingerprint density at radius 3 is 2.50 bits per heavy atom. The number of fused-ring (bicyclic) bond motifs is 2. The number of nitrogens with zero attached hydrogens (tertiary/aromatic N) is 2. The van der Waals surface area contributed by atoms with Crippen LogP contribution in [0.25, 0.3) is 0 Å². The number of hydrogen-bond acceptors (Lipinski definition) is 3. The molecule has 0 aromatic rings. The summed E-state index contributed by atoms with van der Waals surface area (Å²) < 4.78 is 28.2. The molecule has 0 radical (unpaired) electrons. The lowest BCUT2D eigenvalue weighted by Gasteiger charge is -2.34. The molecular formula is C12H25N3O2S. The Morgan fingerprint density at radius 2 is 2.06 bits per heavy atom. The van der Waals surface area contributed by atoms with E-state index >= 15 is 0 Å². The van der Waals surface area contributed by atoms with E-state index in [0.717, 1.165) is 12.8 Å². The quantitative estimate of drug-likeness (QED) is 0.800. The van der Waals surface area contributed by atoms with Crippen molar-refractivity contribution in [1.82, 2.24) is 8.61 Å². The highest BCUT2D eigenvalue weighted by atomic mass is 32.2. The van der Waals surface area contributed by atoms with Crippen molar-refractivity contribution >= 4 is 10.2 Å². The van der Waals surface area contributed by atoms with Crippen LogP contribution in [0.3, 0.4) is 0 Å². The van der Waals surface area contributed by atoms with Crippen molar-refractivity contribution in [2.24, 2.45) is 17.1 Å². The van der Waals surface area contributed by atoms with Gasteiger partial charge in [-0.2, -0.15) is 17.0 Å². The maximum absolute atomic E-state index is 12.5. The first kappa shape index (κ1) is 14.2. The number of rotatable bonds is 5. The molecule has 2 N–H and O–H groups in total. The van der Waals surface area contributed by atoms with Gasteiger partial charge in [0.25, 0.3) is 10.2 Å². The Labute approximate surface area is 110 Å². The molecule has 5 nitrogen and oxygen atoms in total. The molecule has 2 bridgehead atoms. The molecule has 2 atom stereocenters. The minimum Gasteiger partial charge on any atom is -0.330 e. The predicted molar refractivity (Wildman–Crippen MR) is 72.2 cm³/mol. The average molecular weight is 275 g/mol. The molecule has 1 heterocycles. The zero-order valence-electron chi connectivity index (χ0n) is 11.6. The van der Waals surface area contributed by atoms with Crippen LogP contribution in [0.5, 0.6) is 0 Å². The van der Waals surface area contributed by atoms with Gasteiger partial charge in [0.05, 0.1) is 0 Å². The van der Waals surface area contributed by atoms with Gasteiger partial charge in [-0.3, -0.25) is 0 Å². The Kier molecular flexibility index (Phi) is 3.75. The molecule has 2 fully saturated rings. The molecular weight excluding hydrogens is 250 g/mol. The fourth-order valence-electron chi connectivity index (χ4n) is 3.09. The maximum atomic E-state index is 12.5. The highest BCUT2D eigenvalue weighted by Crippen LogP contribution is 2.39. The summed E-state index contributed by atoms with van der Waals surface area (Å²) >= 11 is 0. The molecule has 0 aromatic carbocycles. The first-order chi connectivity index (χ1) is 8.26. The van der Waals surface area contributed by atoms with Crippen LogP contribution in [0.2, 0.25) is 0 Å². The van der Waals surface area contributed by atoms with E-state index < -0.39 is 10.2 Å². The van der Waals surface area contributed by atoms with Gasteiger partial charge in [0, 0.05) is 26.2 Å². The topological polar surface area (TPSA) is 66.6 Å². The van der Waals surface area contributed by atoms with Crippen LogP contribution >= 0.6 is 0 Å². The third-order valence-electron chi connectivity index (χ3n) is 4.25. The second-order valence-electron chi connectivity index (χ2n) is 6.53. The van der Waals surface area contributed by atoms with Crippen molar-refractivity contribution in [1.29, 1.82) is 0 Å². The normalized spacial score (nSPS) is 29.4. The smallest absolute Gasteiger partial charge is 0.282 e. The molecule has 2 aliphatic rings. The maximum Gasteiger partial charge on any atom is 0.282 e. The zero-order chi connectivity index (χ0) is 13.6. The Hall–Kier alpha value is -0.170. The second-order valence-corrected chi connectivity index (χ2v) is 8.52. The summed E-state index contributed by atoms with van der Waals surface area (Å²) in [7, 11) is -1.64. The van der Waals surface area contributed by atoms with E-state index in [1.54, 1.807) is 11.4 Å². The monoisotopic (exact) mass is 275 g/mol. The van der Waals surface area contributed by atoms with Gasteiger partial charge in [-0.1, -0.05) is 13.8 Å². The third-order valence-corrected chi connectivity index (χ3v) is 6.21. The summed E-state index contributed by atoms with van der Waals surface area (Å²) in [4.78, 5) is 0. The zero-order valence-corrected chi connectivity index (χ0v) is 12.4. The van der Waals surface area contributed by atoms with Crippen LogP contribution in [0.15, 0.2) is 0 Å². The molecule has 0 aromatic heterocycles. The van der Waals surface area contributed by atoms with E-state index in [0.29, 0.717) is 25.6 Å². The fourth-order valence-corrected chi connectivity index (χ4v) is 4.93. The molecule has 2 rings (SSSR count). The van der Waals surface area contributed by atoms with Crippen LogP contribution < -0.4 is 5.73 Å². The summed E-state index contributed by atoms with van der Waals surface area (Å²) in [5.74, 6) is 0.584. The highest BCUT2D eigenvalue weighted by molar-refractivity contribution is 7.86. The van der Waals surface area contributed by atoms with Crippen LogP contribution in [0.1, 0.15) is 33.1 Å². The summed E-state index contributed by atoms with van der Waals surface area (Å²) in [6.45, 7) is 5.66. The molecule has 2 unspecified atom stereocenters. The SMILES string of the molecule is CN(CC(C)(C)CN)S(=O)(=O)N1CC2CCC1C2. The summed E-state index contributed by atoms with van der Waals surface area (Å²) in [5.41, 5.74) is 5.50. The van der Waals surface area contributed by atoms with Gasteiger partial charge in [-0.05, 0) is 37.1 Å². The molecule has 0 amide bonds. The van der Waals surface area contributed by atoms with Gasteiger partial charge in [0.1, 0.15) is 0 Å². The van der Waals surface area contributed by atoms with E-state index in [-0.39, 0.29) is 11.5 Å². The third kappa shape index (κ3) is 2.57. The lowest BCUT2D eigenvalue weighted by molar-refractivity contribution is 0.258. The van der Waals surface area contributed by atoms with E-state index in [1.165, 1.54) is 10.7 Å². The minimum absolute atomic E-state index is 0.180. The largest absolute Gasteiger partial charge is 0.330 e. The van der Waals surface area contributed by atoms with E-state index in [4.69, 9.17) is 5.73 Å². The Morgan fingerprint density at radius 1 is 1.39 bits per heavy atom. The van der Waals surface area contributed by atoms with Crippen molar-refractivity contribution in [3.63, 3.8) is 0 Å². The molecule has 1 saturated carbocycles. The highest BCUT2D eigenvalue weighted by Gasteiger charge is 2.45. The summed E-state index contributed by atoms with van der Waals surface area (Å²) in [6.07, 6.45) is 3.26. The van der Waals surface area contributed by atoms with Gasteiger partial charge in [-0.15, -0.1) is 0 Å². The van der Waals surface area contributed by atoms with Crippen molar-refractivity contribution in [2.75, 3.05) is 26.7 Å². The summed E-state index contributed by atoms with van der Waals surface area (Å²) in [6, 6.07) is 0.239. The number of nitrogens with two attached hydrogens (primary N) is 1. The van der Waals surface area contributed by atoms with E-state index in [9.17, 15) is 8.42 Å². The fraction of sp³-hybridized carbons (Fsp3) is 1.00. The Bertz CT molecular complexity index is 408. The average Bonchev–Trinajstić information content (AvgIpc) is 2.90. The molecule has 6 heteroatoms. The van der Waals surface area contributed by atoms with Gasteiger partial charge < -0.3 is 5.73 Å². The molecule has 1 saturated heterocycles. The molecule has 0 spiro atoms. The van der Waals surface area contributed by atoms with Gasteiger partial charge in [0.15, 0.2) is 0 Å². The van der Waals surface area contributed by atoms with Crippen molar-refractivity contribution in [3.05, 3.63) is 0 Å². The van der Waals surface area contributed by atoms with Gasteiger partial charge in [-0.25, -0.2) is 0 Å². The first-order valence-electron chi connectivity index (χ1n) is 6.69. The Balaban J connectivity index is 2.07. The van der Waals surface area contributed by atoms with Gasteiger partial charge >= 0.3 is 0 Å². The number of piperidine rings is 1. The standard InChI is InChI=1S/C12H25N3O2S/c1-12(2,8-13)9-14(3)18(16,17)15-7-10-4-5-11(15)6-10/h10-11H,4-9,13H2,1-3H3. The van der Waals surface area contributed by atoms with E-state index in [2.05, 4.69) is 0 Å². The van der Waals surface area contributed by atoms with Gasteiger partial charge in [0.2, 0.25) is 0 Å². The molecule has 18 heavy (non-hydrogen) atoms. The van der Waals surface area contributed by atoms with Crippen molar-refractivity contribution < 1.29 is 8.42 Å². The van der Waals surface area contributed by atoms with E-state index in [1.807, 2.05) is 13.8 Å². The predicted octanol–water partition coefficient (Wildman–Crippen LogP) is 0.632. The molecule has 1 aliphatic carbocycles. The van der Waals surface area contributed by atoms with Crippen LogP contribution in [-0.2, 0) is 10.2 Å². The molecule has 106 valence electrons. The number of hydrogen-bond donors (Lipinski definition) is 1. The lowest BCUT2D eigenvalue weighted by Crippen LogP contribution is -2.49. The van der Waals surface area contributed by atoms with Crippen molar-refractivity contribution in [2.45, 2.75) is 39.2 Å². The van der Waals surface area contributed by atoms with Crippen LogP contribution in [-0.4, -0.2) is 49.8 Å². The van der Waals surface area contributed by atoms with Crippen molar-refractivity contribution in [3.8, 4) is 0 Å². The molecule has 1 aliphatic heterocycles. The second kappa shape index (κ2) is 4.74. The van der Waals surface area contributed by atoms with Crippen LogP contribution in [0.4, 0.5) is 0 Å². The first-order valence-corrected chi connectivity index (χ1v) is 8.09. The minimum atomic E-state index is -3.30. The lowest BCUT2D eigenvalue weighted by atomic mass is 9.94. The van der Waals surface area contributed by atoms with Crippen LogP contribution in [0, 0.1) is 11.3 Å². The summed E-state index contributed by atoms with van der Waals surface area (Å²) in [5, 5.41) is 0.